The molecule has 1 aromatic rings. The summed E-state index contributed by atoms with van der Waals surface area (Å²) in [7, 11) is 0. The third-order valence-corrected chi connectivity index (χ3v) is 5.80. The minimum atomic E-state index is -0.852. The third kappa shape index (κ3) is 8.86. The van der Waals surface area contributed by atoms with E-state index in [0.717, 1.165) is 16.7 Å². The van der Waals surface area contributed by atoms with Gasteiger partial charge in [0.15, 0.2) is 0 Å². The fraction of sp³-hybridized carbons (Fsp3) is 0.679. The van der Waals surface area contributed by atoms with E-state index in [2.05, 4.69) is 10.6 Å². The lowest BCUT2D eigenvalue weighted by Gasteiger charge is -2.40. The summed E-state index contributed by atoms with van der Waals surface area (Å²) in [4.78, 5) is 42.2. The van der Waals surface area contributed by atoms with Crippen molar-refractivity contribution in [2.45, 2.75) is 119 Å². The van der Waals surface area contributed by atoms with Gasteiger partial charge in [0.05, 0.1) is 0 Å². The first-order valence-corrected chi connectivity index (χ1v) is 12.6. The van der Waals surface area contributed by atoms with Crippen LogP contribution in [0.1, 0.15) is 98.4 Å². The summed E-state index contributed by atoms with van der Waals surface area (Å²) in [6, 6.07) is 3.85. The summed E-state index contributed by atoms with van der Waals surface area (Å²) in [5, 5.41) is 5.87. The molecule has 0 heterocycles. The number of alkyl carbamates (subject to hydrolysis) is 1. The third-order valence-electron chi connectivity index (χ3n) is 5.80. The topological polar surface area (TPSA) is 87.7 Å². The standard InChI is InChI=1S/C28H47N3O4/c1-13-18(4)22(29-26(34)35-28(10,11)12)25(33)31(17(2)3)23(24(32)30-27(7,8)9)21-19(5)15-14-16-20(21)6/h14-18,22-23H,13H2,1-12H3,(H,29,34)(H,30,32). The van der Waals surface area contributed by atoms with E-state index in [4.69, 9.17) is 4.74 Å². The quantitative estimate of drug-likeness (QED) is 0.509. The molecule has 0 spiro atoms. The lowest BCUT2D eigenvalue weighted by Crippen LogP contribution is -2.58. The van der Waals surface area contributed by atoms with Crippen LogP contribution in [0, 0.1) is 19.8 Å². The molecule has 2 N–H and O–H groups in total. The molecule has 7 heteroatoms. The SMILES string of the molecule is CCC(C)C(NC(=O)OC(C)(C)C)C(=O)N(C(C)C)C(C(=O)NC(C)(C)C)c1c(C)cccc1C. The number of amides is 3. The van der Waals surface area contributed by atoms with Gasteiger partial charge in [0.2, 0.25) is 11.8 Å². The molecule has 0 aromatic heterocycles. The summed E-state index contributed by atoms with van der Waals surface area (Å²) >= 11 is 0. The molecule has 3 atom stereocenters. The van der Waals surface area contributed by atoms with Crippen molar-refractivity contribution < 1.29 is 19.1 Å². The van der Waals surface area contributed by atoms with Gasteiger partial charge in [-0.15, -0.1) is 0 Å². The van der Waals surface area contributed by atoms with Crippen LogP contribution >= 0.6 is 0 Å². The minimum absolute atomic E-state index is 0.166. The van der Waals surface area contributed by atoms with Crippen LogP contribution < -0.4 is 10.6 Å². The molecule has 0 saturated heterocycles. The number of benzene rings is 1. The van der Waals surface area contributed by atoms with E-state index in [1.54, 1.807) is 25.7 Å². The van der Waals surface area contributed by atoms with Crippen LogP contribution in [0.2, 0.25) is 0 Å². The van der Waals surface area contributed by atoms with Crippen molar-refractivity contribution in [2.75, 3.05) is 0 Å². The zero-order valence-electron chi connectivity index (χ0n) is 23.8. The normalized spacial score (nSPS) is 14.7. The van der Waals surface area contributed by atoms with E-state index in [0.29, 0.717) is 6.42 Å². The maximum Gasteiger partial charge on any atom is 0.408 e. The second-order valence-corrected chi connectivity index (χ2v) is 11.8. The van der Waals surface area contributed by atoms with Crippen molar-refractivity contribution >= 4 is 17.9 Å². The Morgan fingerprint density at radius 2 is 1.49 bits per heavy atom. The number of ether oxygens (including phenoxy) is 1. The van der Waals surface area contributed by atoms with E-state index in [9.17, 15) is 14.4 Å². The van der Waals surface area contributed by atoms with Gasteiger partial charge < -0.3 is 20.3 Å². The van der Waals surface area contributed by atoms with Gasteiger partial charge >= 0.3 is 6.09 Å². The van der Waals surface area contributed by atoms with Crippen LogP contribution in [-0.2, 0) is 14.3 Å². The first kappa shape index (κ1) is 30.5. The fourth-order valence-corrected chi connectivity index (χ4v) is 4.05. The number of hydrogen-bond acceptors (Lipinski definition) is 4. The molecule has 7 nitrogen and oxygen atoms in total. The van der Waals surface area contributed by atoms with E-state index in [-0.39, 0.29) is 23.8 Å². The van der Waals surface area contributed by atoms with Gasteiger partial charge in [-0.3, -0.25) is 9.59 Å². The Balaban J connectivity index is 3.64. The van der Waals surface area contributed by atoms with E-state index in [1.807, 2.05) is 80.5 Å². The lowest BCUT2D eigenvalue weighted by atomic mass is 9.90. The fourth-order valence-electron chi connectivity index (χ4n) is 4.05. The van der Waals surface area contributed by atoms with Crippen LogP contribution in [-0.4, -0.2) is 46.0 Å². The van der Waals surface area contributed by atoms with Crippen molar-refractivity contribution in [1.82, 2.24) is 15.5 Å². The number of carbonyl (C=O) groups excluding carboxylic acids is 3. The number of nitrogens with zero attached hydrogens (tertiary/aromatic N) is 1. The van der Waals surface area contributed by atoms with Crippen LogP contribution in [0.4, 0.5) is 4.79 Å². The van der Waals surface area contributed by atoms with Crippen LogP contribution in [0.3, 0.4) is 0 Å². The maximum absolute atomic E-state index is 14.2. The minimum Gasteiger partial charge on any atom is -0.444 e. The predicted octanol–water partition coefficient (Wildman–Crippen LogP) is 5.44. The first-order chi connectivity index (χ1) is 15.9. The summed E-state index contributed by atoms with van der Waals surface area (Å²) < 4.78 is 5.45. The second kappa shape index (κ2) is 11.9. The summed E-state index contributed by atoms with van der Waals surface area (Å²) in [6.45, 7) is 22.7. The molecule has 0 aliphatic heterocycles. The van der Waals surface area contributed by atoms with Crippen molar-refractivity contribution in [3.05, 3.63) is 34.9 Å². The Morgan fingerprint density at radius 3 is 1.89 bits per heavy atom. The Morgan fingerprint density at radius 1 is 0.971 bits per heavy atom. The Labute approximate surface area is 212 Å². The van der Waals surface area contributed by atoms with E-state index >= 15 is 0 Å². The molecule has 1 rings (SSSR count). The number of hydrogen-bond donors (Lipinski definition) is 2. The Hall–Kier alpha value is -2.57. The average molecular weight is 490 g/mol. The molecule has 0 aliphatic carbocycles. The summed E-state index contributed by atoms with van der Waals surface area (Å²) in [6.07, 6.45) is 0.0167. The maximum atomic E-state index is 14.2. The lowest BCUT2D eigenvalue weighted by molar-refractivity contribution is -0.146. The molecule has 0 radical (unpaired) electrons. The Kier molecular flexibility index (Phi) is 10.4. The zero-order chi connectivity index (χ0) is 27.3. The highest BCUT2D eigenvalue weighted by atomic mass is 16.6. The van der Waals surface area contributed by atoms with Gasteiger partial charge in [0.1, 0.15) is 17.7 Å². The largest absolute Gasteiger partial charge is 0.444 e. The molecular weight excluding hydrogens is 442 g/mol. The molecule has 0 saturated carbocycles. The molecule has 0 aliphatic rings. The molecule has 0 bridgehead atoms. The smallest absolute Gasteiger partial charge is 0.408 e. The number of nitrogens with one attached hydrogen (secondary N) is 2. The van der Waals surface area contributed by atoms with Crippen LogP contribution in [0.5, 0.6) is 0 Å². The van der Waals surface area contributed by atoms with Crippen molar-refractivity contribution in [1.29, 1.82) is 0 Å². The average Bonchev–Trinajstić information content (AvgIpc) is 2.67. The zero-order valence-corrected chi connectivity index (χ0v) is 23.8. The van der Waals surface area contributed by atoms with Gasteiger partial charge in [-0.1, -0.05) is 38.5 Å². The van der Waals surface area contributed by atoms with Crippen LogP contribution in [0.15, 0.2) is 18.2 Å². The number of rotatable bonds is 8. The predicted molar refractivity (Wildman–Crippen MR) is 141 cm³/mol. The van der Waals surface area contributed by atoms with Crippen molar-refractivity contribution in [3.8, 4) is 0 Å². The van der Waals surface area contributed by atoms with Gasteiger partial charge in [0, 0.05) is 11.6 Å². The molecule has 3 amide bonds. The Bertz CT molecular complexity index is 876. The first-order valence-electron chi connectivity index (χ1n) is 12.6. The summed E-state index contributed by atoms with van der Waals surface area (Å²) in [5.74, 6) is -0.727. The van der Waals surface area contributed by atoms with E-state index in [1.165, 1.54) is 0 Å². The highest BCUT2D eigenvalue weighted by molar-refractivity contribution is 5.93. The van der Waals surface area contributed by atoms with Crippen molar-refractivity contribution in [3.63, 3.8) is 0 Å². The molecule has 1 aromatic carbocycles. The molecule has 0 fully saturated rings. The van der Waals surface area contributed by atoms with Gasteiger partial charge in [-0.25, -0.2) is 4.79 Å². The van der Waals surface area contributed by atoms with Gasteiger partial charge in [-0.05, 0) is 91.8 Å². The van der Waals surface area contributed by atoms with Crippen LogP contribution in [0.25, 0.3) is 0 Å². The van der Waals surface area contributed by atoms with Crippen molar-refractivity contribution in [2.24, 2.45) is 5.92 Å². The van der Waals surface area contributed by atoms with Gasteiger partial charge in [-0.2, -0.15) is 0 Å². The number of aryl methyl sites for hydroxylation is 2. The molecular formula is C28H47N3O4. The molecule has 35 heavy (non-hydrogen) atoms. The highest BCUT2D eigenvalue weighted by Gasteiger charge is 2.41. The van der Waals surface area contributed by atoms with E-state index < -0.39 is 29.3 Å². The monoisotopic (exact) mass is 489 g/mol. The number of carbonyl (C=O) groups is 3. The summed E-state index contributed by atoms with van der Waals surface area (Å²) in [5.41, 5.74) is 1.48. The highest BCUT2D eigenvalue weighted by Crippen LogP contribution is 2.31. The van der Waals surface area contributed by atoms with Gasteiger partial charge in [0.25, 0.3) is 0 Å². The molecule has 198 valence electrons. The molecule has 3 unspecified atom stereocenters. The second-order valence-electron chi connectivity index (χ2n) is 11.8.